The van der Waals surface area contributed by atoms with Gasteiger partial charge in [0, 0.05) is 16.9 Å². The van der Waals surface area contributed by atoms with Crippen LogP contribution >= 0.6 is 11.8 Å². The van der Waals surface area contributed by atoms with Gasteiger partial charge in [0.2, 0.25) is 0 Å². The molecule has 3 aromatic carbocycles. The van der Waals surface area contributed by atoms with Crippen LogP contribution in [0.2, 0.25) is 0 Å². The minimum absolute atomic E-state index is 0.121. The van der Waals surface area contributed by atoms with Crippen molar-refractivity contribution in [3.63, 3.8) is 0 Å². The fourth-order valence-corrected chi connectivity index (χ4v) is 4.62. The Balaban J connectivity index is 1.49. The van der Waals surface area contributed by atoms with Crippen LogP contribution in [0.5, 0.6) is 11.5 Å². The monoisotopic (exact) mass is 436 g/mol. The number of hydrogen-bond donors (Lipinski definition) is 0. The van der Waals surface area contributed by atoms with Crippen molar-refractivity contribution in [2.45, 2.75) is 11.1 Å². The molecule has 1 aliphatic heterocycles. The van der Waals surface area contributed by atoms with E-state index in [2.05, 4.69) is 6.07 Å². The number of thioether (sulfide) groups is 1. The largest absolute Gasteiger partial charge is 0.486 e. The van der Waals surface area contributed by atoms with Gasteiger partial charge in [0.1, 0.15) is 23.8 Å². The summed E-state index contributed by atoms with van der Waals surface area (Å²) in [4.78, 5) is 4.87. The van der Waals surface area contributed by atoms with Crippen LogP contribution in [0.4, 0.5) is 0 Å². The van der Waals surface area contributed by atoms with E-state index in [9.17, 15) is 5.26 Å². The molecule has 0 bridgehead atoms. The molecule has 0 N–H and O–H groups in total. The molecule has 0 spiro atoms. The van der Waals surface area contributed by atoms with E-state index < -0.39 is 0 Å². The molecule has 1 atom stereocenters. The Kier molecular flexibility index (Phi) is 5.78. The first kappa shape index (κ1) is 20.2. The molecule has 2 heterocycles. The van der Waals surface area contributed by atoms with E-state index in [0.717, 1.165) is 33.9 Å². The van der Waals surface area contributed by atoms with E-state index in [-0.39, 0.29) is 6.10 Å². The van der Waals surface area contributed by atoms with E-state index in [1.165, 1.54) is 11.8 Å². The highest BCUT2D eigenvalue weighted by Gasteiger charge is 2.23. The van der Waals surface area contributed by atoms with Crippen LogP contribution < -0.4 is 9.47 Å². The summed E-state index contributed by atoms with van der Waals surface area (Å²) >= 11 is 1.53. The van der Waals surface area contributed by atoms with Gasteiger partial charge in [-0.05, 0) is 23.8 Å². The van der Waals surface area contributed by atoms with Crippen LogP contribution in [0.3, 0.4) is 0 Å². The number of nitriles is 1. The summed E-state index contributed by atoms with van der Waals surface area (Å²) in [5.41, 5.74) is 4.32. The molecule has 32 heavy (non-hydrogen) atoms. The average molecular weight is 437 g/mol. The normalized spacial score (nSPS) is 14.5. The molecule has 156 valence electrons. The number of nitrogens with zero attached hydrogens (tertiary/aromatic N) is 2. The number of aromatic nitrogens is 1. The number of rotatable bonds is 5. The topological polar surface area (TPSA) is 55.1 Å². The Morgan fingerprint density at radius 3 is 2.25 bits per heavy atom. The van der Waals surface area contributed by atoms with Gasteiger partial charge in [-0.2, -0.15) is 5.26 Å². The van der Waals surface area contributed by atoms with Crippen LogP contribution in [-0.4, -0.2) is 23.4 Å². The Bertz CT molecular complexity index is 1270. The lowest BCUT2D eigenvalue weighted by molar-refractivity contribution is 0.107. The van der Waals surface area contributed by atoms with E-state index in [1.54, 1.807) is 0 Å². The second-order valence-corrected chi connectivity index (χ2v) is 8.40. The molecule has 4 nitrogen and oxygen atoms in total. The molecule has 0 amide bonds. The van der Waals surface area contributed by atoms with E-state index in [0.29, 0.717) is 22.9 Å². The summed E-state index contributed by atoms with van der Waals surface area (Å²) in [6.45, 7) is 0.468. The van der Waals surface area contributed by atoms with Crippen molar-refractivity contribution in [1.82, 2.24) is 4.98 Å². The third-order valence-electron chi connectivity index (χ3n) is 5.23. The van der Waals surface area contributed by atoms with Crippen LogP contribution in [0, 0.1) is 11.3 Å². The summed E-state index contributed by atoms with van der Waals surface area (Å²) in [6, 6.07) is 32.1. The van der Waals surface area contributed by atoms with Gasteiger partial charge >= 0.3 is 0 Å². The molecule has 0 saturated heterocycles. The van der Waals surface area contributed by atoms with E-state index in [4.69, 9.17) is 14.5 Å². The number of para-hydroxylation sites is 2. The van der Waals surface area contributed by atoms with Crippen molar-refractivity contribution in [2.75, 3.05) is 12.4 Å². The standard InChI is InChI=1S/C27H20N2O2S/c28-16-23-22(19-9-3-1-4-10-19)15-24(20-11-5-2-6-12-20)29-27(23)32-18-21-17-30-25-13-7-8-14-26(25)31-21/h1-15,21H,17-18H2/t21-/m1/s1. The lowest BCUT2D eigenvalue weighted by Crippen LogP contribution is -2.31. The zero-order valence-corrected chi connectivity index (χ0v) is 18.1. The third-order valence-corrected chi connectivity index (χ3v) is 6.33. The first-order valence-electron chi connectivity index (χ1n) is 10.4. The fourth-order valence-electron chi connectivity index (χ4n) is 3.65. The molecule has 0 fully saturated rings. The zero-order chi connectivity index (χ0) is 21.8. The van der Waals surface area contributed by atoms with Gasteiger partial charge in [-0.15, -0.1) is 11.8 Å². The van der Waals surface area contributed by atoms with Gasteiger partial charge in [0.25, 0.3) is 0 Å². The highest BCUT2D eigenvalue weighted by Crippen LogP contribution is 2.36. The molecule has 1 aromatic heterocycles. The van der Waals surface area contributed by atoms with Gasteiger partial charge in [0.15, 0.2) is 11.5 Å². The lowest BCUT2D eigenvalue weighted by Gasteiger charge is -2.26. The number of fused-ring (bicyclic) bond motifs is 1. The zero-order valence-electron chi connectivity index (χ0n) is 17.3. The van der Waals surface area contributed by atoms with Crippen LogP contribution in [0.25, 0.3) is 22.4 Å². The summed E-state index contributed by atoms with van der Waals surface area (Å²) in [5.74, 6) is 2.14. The highest BCUT2D eigenvalue weighted by atomic mass is 32.2. The van der Waals surface area contributed by atoms with E-state index in [1.807, 2.05) is 91.0 Å². The van der Waals surface area contributed by atoms with Gasteiger partial charge in [-0.25, -0.2) is 4.98 Å². The summed E-state index contributed by atoms with van der Waals surface area (Å²) < 4.78 is 11.9. The summed E-state index contributed by atoms with van der Waals surface area (Å²) in [5, 5.41) is 10.7. The fraction of sp³-hybridized carbons (Fsp3) is 0.111. The summed E-state index contributed by atoms with van der Waals surface area (Å²) in [6.07, 6.45) is -0.121. The maximum absolute atomic E-state index is 10.0. The highest BCUT2D eigenvalue weighted by molar-refractivity contribution is 7.99. The van der Waals surface area contributed by atoms with Gasteiger partial charge in [-0.3, -0.25) is 0 Å². The third kappa shape index (κ3) is 4.18. The Morgan fingerprint density at radius 1 is 0.875 bits per heavy atom. The maximum Gasteiger partial charge on any atom is 0.161 e. The molecule has 0 unspecified atom stereocenters. The molecule has 0 saturated carbocycles. The maximum atomic E-state index is 10.0. The van der Waals surface area contributed by atoms with Crippen molar-refractivity contribution in [3.8, 4) is 40.0 Å². The van der Waals surface area contributed by atoms with Crippen molar-refractivity contribution in [2.24, 2.45) is 0 Å². The molecule has 4 aromatic rings. The minimum atomic E-state index is -0.121. The second-order valence-electron chi connectivity index (χ2n) is 7.39. The Morgan fingerprint density at radius 2 is 1.53 bits per heavy atom. The molecule has 0 radical (unpaired) electrons. The van der Waals surface area contributed by atoms with Crippen LogP contribution in [-0.2, 0) is 0 Å². The quantitative estimate of drug-likeness (QED) is 0.348. The van der Waals surface area contributed by atoms with Crippen molar-refractivity contribution >= 4 is 11.8 Å². The van der Waals surface area contributed by atoms with Crippen LogP contribution in [0.15, 0.2) is 96.0 Å². The Labute approximate surface area is 191 Å². The molecule has 0 aliphatic carbocycles. The van der Waals surface area contributed by atoms with Gasteiger partial charge in [-0.1, -0.05) is 72.8 Å². The molecule has 5 rings (SSSR count). The predicted octanol–water partition coefficient (Wildman–Crippen LogP) is 6.22. The number of benzene rings is 3. The van der Waals surface area contributed by atoms with Gasteiger partial charge in [0.05, 0.1) is 11.3 Å². The molecule has 1 aliphatic rings. The number of pyridine rings is 1. The molecular formula is C27H20N2O2S. The second kappa shape index (κ2) is 9.17. The van der Waals surface area contributed by atoms with Crippen LogP contribution in [0.1, 0.15) is 5.56 Å². The SMILES string of the molecule is N#Cc1c(-c2ccccc2)cc(-c2ccccc2)nc1SC[C@H]1COc2ccccc2O1. The van der Waals surface area contributed by atoms with Crippen molar-refractivity contribution in [3.05, 3.63) is 96.6 Å². The average Bonchev–Trinajstić information content (AvgIpc) is 2.87. The summed E-state index contributed by atoms with van der Waals surface area (Å²) in [7, 11) is 0. The smallest absolute Gasteiger partial charge is 0.161 e. The predicted molar refractivity (Wildman–Crippen MR) is 127 cm³/mol. The van der Waals surface area contributed by atoms with Gasteiger partial charge < -0.3 is 9.47 Å². The van der Waals surface area contributed by atoms with E-state index >= 15 is 0 Å². The first-order valence-corrected chi connectivity index (χ1v) is 11.4. The minimum Gasteiger partial charge on any atom is -0.486 e. The number of ether oxygens (including phenoxy) is 2. The first-order chi connectivity index (χ1) is 15.8. The molecular weight excluding hydrogens is 416 g/mol. The Hall–Kier alpha value is -3.75. The molecule has 5 heteroatoms. The lowest BCUT2D eigenvalue weighted by atomic mass is 9.99. The number of hydrogen-bond acceptors (Lipinski definition) is 5. The van der Waals surface area contributed by atoms with Crippen molar-refractivity contribution < 1.29 is 9.47 Å². The van der Waals surface area contributed by atoms with Crippen molar-refractivity contribution in [1.29, 1.82) is 5.26 Å².